The van der Waals surface area contributed by atoms with Gasteiger partial charge in [-0.15, -0.1) is 0 Å². The molecule has 116 valence electrons. The van der Waals surface area contributed by atoms with Crippen LogP contribution in [0.2, 0.25) is 0 Å². The molecule has 2 aromatic heterocycles. The number of rotatable bonds is 7. The SMILES string of the molecule is Cc1noc(CCCC(=O)Nc2nc(C)c(SCC#N)s2)n1. The minimum atomic E-state index is -0.0955. The minimum absolute atomic E-state index is 0.0955. The number of aromatic nitrogens is 3. The molecule has 0 aliphatic heterocycles. The van der Waals surface area contributed by atoms with Gasteiger partial charge in [0.05, 0.1) is 21.7 Å². The molecule has 0 aliphatic rings. The van der Waals surface area contributed by atoms with Crippen LogP contribution in [-0.4, -0.2) is 26.8 Å². The topological polar surface area (TPSA) is 105 Å². The number of nitrogens with zero attached hydrogens (tertiary/aromatic N) is 4. The van der Waals surface area contributed by atoms with Crippen LogP contribution in [0.5, 0.6) is 0 Å². The molecule has 9 heteroatoms. The smallest absolute Gasteiger partial charge is 0.226 e. The number of thiazole rings is 1. The number of nitriles is 1. The van der Waals surface area contributed by atoms with Gasteiger partial charge in [-0.25, -0.2) is 4.98 Å². The zero-order valence-corrected chi connectivity index (χ0v) is 13.9. The summed E-state index contributed by atoms with van der Waals surface area (Å²) in [5.74, 6) is 1.42. The number of thioether (sulfide) groups is 1. The Labute approximate surface area is 136 Å². The van der Waals surface area contributed by atoms with E-state index in [0.717, 1.165) is 9.90 Å². The number of amides is 1. The Bertz CT molecular complexity index is 689. The molecular formula is C13H15N5O2S2. The van der Waals surface area contributed by atoms with E-state index in [1.54, 1.807) is 6.92 Å². The number of nitrogens with one attached hydrogen (secondary N) is 1. The van der Waals surface area contributed by atoms with Crippen LogP contribution in [0.25, 0.3) is 0 Å². The zero-order chi connectivity index (χ0) is 15.9. The highest BCUT2D eigenvalue weighted by atomic mass is 32.2. The van der Waals surface area contributed by atoms with Crippen LogP contribution in [0.1, 0.15) is 30.3 Å². The second-order valence-corrected chi connectivity index (χ2v) is 6.72. The largest absolute Gasteiger partial charge is 0.339 e. The molecule has 0 radical (unpaired) electrons. The lowest BCUT2D eigenvalue weighted by Crippen LogP contribution is -2.11. The molecule has 7 nitrogen and oxygen atoms in total. The summed E-state index contributed by atoms with van der Waals surface area (Å²) < 4.78 is 5.95. The summed E-state index contributed by atoms with van der Waals surface area (Å²) in [5.41, 5.74) is 0.835. The first-order valence-electron chi connectivity index (χ1n) is 6.64. The fourth-order valence-electron chi connectivity index (χ4n) is 1.69. The Hall–Kier alpha value is -1.92. The molecule has 0 saturated heterocycles. The highest BCUT2D eigenvalue weighted by molar-refractivity contribution is 8.01. The van der Waals surface area contributed by atoms with E-state index < -0.39 is 0 Å². The van der Waals surface area contributed by atoms with Crippen molar-refractivity contribution in [3.05, 3.63) is 17.4 Å². The van der Waals surface area contributed by atoms with Crippen LogP contribution in [-0.2, 0) is 11.2 Å². The molecule has 2 aromatic rings. The van der Waals surface area contributed by atoms with Crippen molar-refractivity contribution in [1.29, 1.82) is 5.26 Å². The molecule has 2 rings (SSSR count). The lowest BCUT2D eigenvalue weighted by atomic mass is 10.2. The van der Waals surface area contributed by atoms with Crippen LogP contribution in [0.15, 0.2) is 8.73 Å². The van der Waals surface area contributed by atoms with E-state index in [1.165, 1.54) is 23.1 Å². The van der Waals surface area contributed by atoms with E-state index in [1.807, 2.05) is 6.92 Å². The Morgan fingerprint density at radius 3 is 2.95 bits per heavy atom. The van der Waals surface area contributed by atoms with E-state index >= 15 is 0 Å². The Morgan fingerprint density at radius 1 is 1.45 bits per heavy atom. The summed E-state index contributed by atoms with van der Waals surface area (Å²) in [7, 11) is 0. The molecule has 0 spiro atoms. The fourth-order valence-corrected chi connectivity index (χ4v) is 3.51. The Morgan fingerprint density at radius 2 is 2.27 bits per heavy atom. The lowest BCUT2D eigenvalue weighted by molar-refractivity contribution is -0.116. The maximum atomic E-state index is 11.9. The summed E-state index contributed by atoms with van der Waals surface area (Å²) in [6.45, 7) is 3.62. The Balaban J connectivity index is 1.78. The summed E-state index contributed by atoms with van der Waals surface area (Å²) in [4.78, 5) is 20.2. The molecule has 0 aliphatic carbocycles. The van der Waals surface area contributed by atoms with E-state index in [0.29, 0.717) is 41.9 Å². The second-order valence-electron chi connectivity index (χ2n) is 4.48. The van der Waals surface area contributed by atoms with Crippen molar-refractivity contribution in [3.8, 4) is 6.07 Å². The fraction of sp³-hybridized carbons (Fsp3) is 0.462. The maximum Gasteiger partial charge on any atom is 0.226 e. The first-order chi connectivity index (χ1) is 10.6. The summed E-state index contributed by atoms with van der Waals surface area (Å²) in [5, 5.41) is 15.6. The number of anilines is 1. The van der Waals surface area contributed by atoms with Crippen molar-refractivity contribution in [2.24, 2.45) is 0 Å². The predicted molar refractivity (Wildman–Crippen MR) is 83.8 cm³/mol. The van der Waals surface area contributed by atoms with Gasteiger partial charge >= 0.3 is 0 Å². The zero-order valence-electron chi connectivity index (χ0n) is 12.3. The van der Waals surface area contributed by atoms with Crippen LogP contribution in [0.4, 0.5) is 5.13 Å². The lowest BCUT2D eigenvalue weighted by Gasteiger charge is -1.99. The first kappa shape index (κ1) is 16.5. The van der Waals surface area contributed by atoms with Crippen molar-refractivity contribution in [2.75, 3.05) is 11.1 Å². The molecule has 0 unspecified atom stereocenters. The quantitative estimate of drug-likeness (QED) is 0.774. The summed E-state index contributed by atoms with van der Waals surface area (Å²) >= 11 is 2.82. The molecule has 0 fully saturated rings. The van der Waals surface area contributed by atoms with Gasteiger partial charge in [-0.3, -0.25) is 4.79 Å². The van der Waals surface area contributed by atoms with Crippen LogP contribution in [0, 0.1) is 25.2 Å². The second kappa shape index (κ2) is 7.91. The van der Waals surface area contributed by atoms with Crippen molar-refractivity contribution in [3.63, 3.8) is 0 Å². The van der Waals surface area contributed by atoms with Crippen molar-refractivity contribution < 1.29 is 9.32 Å². The van der Waals surface area contributed by atoms with Crippen LogP contribution in [0.3, 0.4) is 0 Å². The number of hydrogen-bond donors (Lipinski definition) is 1. The van der Waals surface area contributed by atoms with Crippen LogP contribution >= 0.6 is 23.1 Å². The van der Waals surface area contributed by atoms with Gasteiger partial charge in [-0.2, -0.15) is 10.2 Å². The van der Waals surface area contributed by atoms with Gasteiger partial charge in [0.1, 0.15) is 0 Å². The summed E-state index contributed by atoms with van der Waals surface area (Å²) in [6, 6.07) is 2.07. The number of carbonyl (C=O) groups is 1. The Kier molecular flexibility index (Phi) is 5.91. The highest BCUT2D eigenvalue weighted by Gasteiger charge is 2.11. The van der Waals surface area contributed by atoms with Gasteiger partial charge in [-0.05, 0) is 20.3 Å². The summed E-state index contributed by atoms with van der Waals surface area (Å²) in [6.07, 6.45) is 1.57. The molecule has 2 heterocycles. The van der Waals surface area contributed by atoms with Gasteiger partial charge in [0.15, 0.2) is 11.0 Å². The average Bonchev–Trinajstić information content (AvgIpc) is 3.03. The molecule has 0 aromatic carbocycles. The molecule has 1 amide bonds. The minimum Gasteiger partial charge on any atom is -0.339 e. The molecule has 1 N–H and O–H groups in total. The van der Waals surface area contributed by atoms with Crippen molar-refractivity contribution >= 4 is 34.1 Å². The van der Waals surface area contributed by atoms with E-state index in [2.05, 4.69) is 26.5 Å². The third-order valence-electron chi connectivity index (χ3n) is 2.63. The van der Waals surface area contributed by atoms with E-state index in [4.69, 9.17) is 9.78 Å². The van der Waals surface area contributed by atoms with Gasteiger partial charge in [0.25, 0.3) is 0 Å². The van der Waals surface area contributed by atoms with E-state index in [9.17, 15) is 4.79 Å². The molecule has 22 heavy (non-hydrogen) atoms. The normalized spacial score (nSPS) is 10.4. The standard InChI is InChI=1S/C13H15N5O2S2/c1-8-12(21-7-6-14)22-13(15-8)17-10(19)4-3-5-11-16-9(2)18-20-11/h3-5,7H2,1-2H3,(H,15,17,19). The number of aryl methyl sites for hydroxylation is 3. The van der Waals surface area contributed by atoms with Crippen molar-refractivity contribution in [2.45, 2.75) is 37.3 Å². The number of carbonyl (C=O) groups excluding carboxylic acids is 1. The molecule has 0 atom stereocenters. The average molecular weight is 337 g/mol. The molecule has 0 saturated carbocycles. The monoisotopic (exact) mass is 337 g/mol. The first-order valence-corrected chi connectivity index (χ1v) is 8.45. The van der Waals surface area contributed by atoms with Gasteiger partial charge in [0, 0.05) is 12.8 Å². The maximum absolute atomic E-state index is 11.9. The third-order valence-corrected chi connectivity index (χ3v) is 4.93. The van der Waals surface area contributed by atoms with E-state index in [-0.39, 0.29) is 5.91 Å². The molecular weight excluding hydrogens is 322 g/mol. The number of hydrogen-bond acceptors (Lipinski definition) is 8. The third kappa shape index (κ3) is 4.82. The van der Waals surface area contributed by atoms with Crippen LogP contribution < -0.4 is 5.32 Å². The van der Waals surface area contributed by atoms with Crippen molar-refractivity contribution in [1.82, 2.24) is 15.1 Å². The van der Waals surface area contributed by atoms with Gasteiger partial charge < -0.3 is 9.84 Å². The molecule has 0 bridgehead atoms. The highest BCUT2D eigenvalue weighted by Crippen LogP contribution is 2.31. The van der Waals surface area contributed by atoms with Gasteiger partial charge in [0.2, 0.25) is 11.8 Å². The predicted octanol–water partition coefficient (Wildman–Crippen LogP) is 2.72. The van der Waals surface area contributed by atoms with Gasteiger partial charge in [-0.1, -0.05) is 28.3 Å².